The van der Waals surface area contributed by atoms with Crippen molar-refractivity contribution in [2.45, 2.75) is 45.6 Å². The van der Waals surface area contributed by atoms with Gasteiger partial charge in [0.15, 0.2) is 9.84 Å². The Hall–Kier alpha value is -0.780. The van der Waals surface area contributed by atoms with Crippen molar-refractivity contribution in [2.24, 2.45) is 0 Å². The third kappa shape index (κ3) is 4.48. The molecule has 1 fully saturated rings. The first-order valence-corrected chi connectivity index (χ1v) is 8.57. The van der Waals surface area contributed by atoms with Crippen LogP contribution < -0.4 is 5.32 Å². The highest BCUT2D eigenvalue weighted by atomic mass is 32.2. The highest BCUT2D eigenvalue weighted by Gasteiger charge is 2.34. The predicted molar refractivity (Wildman–Crippen MR) is 72.4 cm³/mol. The average molecular weight is 276 g/mol. The number of urea groups is 1. The Balaban J connectivity index is 2.56. The van der Waals surface area contributed by atoms with Crippen LogP contribution in [0.1, 0.15) is 39.5 Å². The zero-order valence-corrected chi connectivity index (χ0v) is 12.1. The Morgan fingerprint density at radius 2 is 2.06 bits per heavy atom. The van der Waals surface area contributed by atoms with Crippen LogP contribution >= 0.6 is 0 Å². The molecule has 0 saturated carbocycles. The van der Waals surface area contributed by atoms with E-state index in [9.17, 15) is 13.2 Å². The molecule has 0 aromatic rings. The van der Waals surface area contributed by atoms with Crippen LogP contribution in [0.15, 0.2) is 0 Å². The minimum Gasteiger partial charge on any atom is -0.338 e. The lowest BCUT2D eigenvalue weighted by atomic mass is 10.2. The zero-order chi connectivity index (χ0) is 13.6. The predicted octanol–water partition coefficient (Wildman–Crippen LogP) is 1.40. The molecule has 0 aromatic heterocycles. The molecular weight excluding hydrogens is 252 g/mol. The largest absolute Gasteiger partial charge is 0.338 e. The van der Waals surface area contributed by atoms with E-state index in [2.05, 4.69) is 12.2 Å². The van der Waals surface area contributed by atoms with Gasteiger partial charge in [0.1, 0.15) is 0 Å². The second-order valence-electron chi connectivity index (χ2n) is 4.84. The molecule has 1 unspecified atom stereocenters. The van der Waals surface area contributed by atoms with Crippen molar-refractivity contribution < 1.29 is 13.2 Å². The molecule has 6 heteroatoms. The normalized spacial score (nSPS) is 21.8. The molecule has 1 atom stereocenters. The molecule has 0 aromatic carbocycles. The maximum absolute atomic E-state index is 12.0. The highest BCUT2D eigenvalue weighted by molar-refractivity contribution is 7.91. The number of unbranched alkanes of at least 4 members (excludes halogenated alkanes) is 1. The van der Waals surface area contributed by atoms with Crippen molar-refractivity contribution in [1.82, 2.24) is 10.2 Å². The van der Waals surface area contributed by atoms with Crippen molar-refractivity contribution in [2.75, 3.05) is 24.6 Å². The van der Waals surface area contributed by atoms with Crippen molar-refractivity contribution in [3.63, 3.8) is 0 Å². The Kier molecular flexibility index (Phi) is 5.91. The average Bonchev–Trinajstić information content (AvgIpc) is 2.66. The van der Waals surface area contributed by atoms with E-state index in [1.165, 1.54) is 0 Å². The first kappa shape index (κ1) is 15.3. The van der Waals surface area contributed by atoms with E-state index in [0.717, 1.165) is 19.3 Å². The second-order valence-corrected chi connectivity index (χ2v) is 7.06. The van der Waals surface area contributed by atoms with Gasteiger partial charge in [-0.05, 0) is 19.3 Å². The standard InChI is InChI=1S/C12H24N2O3S/c1-3-5-7-13-12(15)14(8-4-2)11-6-9-18(16,17)10-11/h11H,3-10H2,1-2H3,(H,13,15). The molecule has 0 aliphatic carbocycles. The number of carbonyl (C=O) groups is 1. The molecule has 5 nitrogen and oxygen atoms in total. The van der Waals surface area contributed by atoms with Crippen molar-refractivity contribution in [3.05, 3.63) is 0 Å². The van der Waals surface area contributed by atoms with Gasteiger partial charge in [0, 0.05) is 19.1 Å². The smallest absolute Gasteiger partial charge is 0.317 e. The Labute approximate surface area is 110 Å². The summed E-state index contributed by atoms with van der Waals surface area (Å²) in [4.78, 5) is 13.7. The van der Waals surface area contributed by atoms with E-state index < -0.39 is 9.84 Å². The van der Waals surface area contributed by atoms with Crippen molar-refractivity contribution in [1.29, 1.82) is 0 Å². The van der Waals surface area contributed by atoms with E-state index in [1.807, 2.05) is 6.92 Å². The Bertz CT molecular complexity index is 368. The maximum atomic E-state index is 12.0. The summed E-state index contributed by atoms with van der Waals surface area (Å²) in [6.07, 6.45) is 3.40. The molecule has 1 aliphatic heterocycles. The number of hydrogen-bond acceptors (Lipinski definition) is 3. The summed E-state index contributed by atoms with van der Waals surface area (Å²) in [6.45, 7) is 5.35. The van der Waals surface area contributed by atoms with Crippen LogP contribution in [0, 0.1) is 0 Å². The molecule has 0 spiro atoms. The number of nitrogens with one attached hydrogen (secondary N) is 1. The molecular formula is C12H24N2O3S. The van der Waals surface area contributed by atoms with Crippen molar-refractivity contribution >= 4 is 15.9 Å². The molecule has 1 heterocycles. The van der Waals surface area contributed by atoms with Gasteiger partial charge in [0.25, 0.3) is 0 Å². The monoisotopic (exact) mass is 276 g/mol. The fourth-order valence-corrected chi connectivity index (χ4v) is 3.92. The van der Waals surface area contributed by atoms with Gasteiger partial charge in [-0.15, -0.1) is 0 Å². The van der Waals surface area contributed by atoms with Gasteiger partial charge in [0.2, 0.25) is 0 Å². The second kappa shape index (κ2) is 6.97. The van der Waals surface area contributed by atoms with Crippen LogP contribution in [0.4, 0.5) is 4.79 Å². The van der Waals surface area contributed by atoms with Gasteiger partial charge in [-0.3, -0.25) is 0 Å². The van der Waals surface area contributed by atoms with E-state index in [4.69, 9.17) is 0 Å². The van der Waals surface area contributed by atoms with Gasteiger partial charge >= 0.3 is 6.03 Å². The molecule has 1 rings (SSSR count). The fraction of sp³-hybridized carbons (Fsp3) is 0.917. The molecule has 1 N–H and O–H groups in total. The van der Waals surface area contributed by atoms with E-state index in [1.54, 1.807) is 4.90 Å². The third-order valence-corrected chi connectivity index (χ3v) is 4.93. The third-order valence-electron chi connectivity index (χ3n) is 3.18. The maximum Gasteiger partial charge on any atom is 0.317 e. The van der Waals surface area contributed by atoms with E-state index >= 15 is 0 Å². The lowest BCUT2D eigenvalue weighted by Gasteiger charge is -2.28. The summed E-state index contributed by atoms with van der Waals surface area (Å²) in [5.74, 6) is 0.328. The lowest BCUT2D eigenvalue weighted by Crippen LogP contribution is -2.47. The van der Waals surface area contributed by atoms with E-state index in [0.29, 0.717) is 19.5 Å². The Morgan fingerprint density at radius 3 is 2.56 bits per heavy atom. The van der Waals surface area contributed by atoms with Gasteiger partial charge in [0.05, 0.1) is 11.5 Å². The molecule has 18 heavy (non-hydrogen) atoms. The van der Waals surface area contributed by atoms with Crippen molar-refractivity contribution in [3.8, 4) is 0 Å². The Morgan fingerprint density at radius 1 is 1.33 bits per heavy atom. The number of sulfone groups is 1. The fourth-order valence-electron chi connectivity index (χ4n) is 2.19. The number of nitrogens with zero attached hydrogens (tertiary/aromatic N) is 1. The van der Waals surface area contributed by atoms with Gasteiger partial charge in [-0.1, -0.05) is 20.3 Å². The quantitative estimate of drug-likeness (QED) is 0.746. The molecule has 0 bridgehead atoms. The van der Waals surface area contributed by atoms with E-state index in [-0.39, 0.29) is 23.6 Å². The molecule has 0 radical (unpaired) electrons. The van der Waals surface area contributed by atoms with Crippen LogP contribution in [0.5, 0.6) is 0 Å². The highest BCUT2D eigenvalue weighted by Crippen LogP contribution is 2.18. The molecule has 1 aliphatic rings. The summed E-state index contributed by atoms with van der Waals surface area (Å²) in [7, 11) is -2.94. The minimum atomic E-state index is -2.94. The number of carbonyl (C=O) groups excluding carboxylic acids is 1. The van der Waals surface area contributed by atoms with Gasteiger partial charge in [-0.2, -0.15) is 0 Å². The lowest BCUT2D eigenvalue weighted by molar-refractivity contribution is 0.180. The number of rotatable bonds is 6. The SMILES string of the molecule is CCCCNC(=O)N(CCC)C1CCS(=O)(=O)C1. The topological polar surface area (TPSA) is 66.5 Å². The zero-order valence-electron chi connectivity index (χ0n) is 11.3. The van der Waals surface area contributed by atoms with Crippen LogP contribution in [0.25, 0.3) is 0 Å². The summed E-state index contributed by atoms with van der Waals surface area (Å²) in [5, 5.41) is 2.86. The summed E-state index contributed by atoms with van der Waals surface area (Å²) >= 11 is 0. The summed E-state index contributed by atoms with van der Waals surface area (Å²) in [6, 6.07) is -0.260. The summed E-state index contributed by atoms with van der Waals surface area (Å²) < 4.78 is 22.9. The van der Waals surface area contributed by atoms with Crippen LogP contribution in [0.3, 0.4) is 0 Å². The van der Waals surface area contributed by atoms with Gasteiger partial charge < -0.3 is 10.2 Å². The molecule has 1 saturated heterocycles. The summed E-state index contributed by atoms with van der Waals surface area (Å²) in [5.41, 5.74) is 0. The van der Waals surface area contributed by atoms with Crippen LogP contribution in [-0.4, -0.2) is 50.0 Å². The first-order chi connectivity index (χ1) is 8.50. The first-order valence-electron chi connectivity index (χ1n) is 6.75. The minimum absolute atomic E-state index is 0.118. The van der Waals surface area contributed by atoms with Crippen LogP contribution in [-0.2, 0) is 9.84 Å². The molecule has 106 valence electrons. The number of hydrogen-bond donors (Lipinski definition) is 1. The van der Waals surface area contributed by atoms with Gasteiger partial charge in [-0.25, -0.2) is 13.2 Å². The molecule has 2 amide bonds. The number of amides is 2. The van der Waals surface area contributed by atoms with Crippen LogP contribution in [0.2, 0.25) is 0 Å².